The predicted molar refractivity (Wildman–Crippen MR) is 391 cm³/mol. The molecule has 0 saturated heterocycles. The zero-order chi connectivity index (χ0) is 70.4. The summed E-state index contributed by atoms with van der Waals surface area (Å²) >= 11 is 0. The average Bonchev–Trinajstić information content (AvgIpc) is 1.09. The lowest BCUT2D eigenvalue weighted by atomic mass is 10.0. The molecule has 3 N–H and O–H groups in total. The van der Waals surface area contributed by atoms with E-state index in [1.54, 1.807) is 0 Å². The van der Waals surface area contributed by atoms with Gasteiger partial charge in [-0.3, -0.25) is 37.3 Å². The first-order chi connectivity index (χ1) is 46.7. The summed E-state index contributed by atoms with van der Waals surface area (Å²) in [5.74, 6) is -2.12. The number of rotatable bonds is 78. The number of aliphatic hydroxyl groups is 1. The van der Waals surface area contributed by atoms with Crippen molar-refractivity contribution in [1.82, 2.24) is 0 Å². The van der Waals surface area contributed by atoms with Gasteiger partial charge in [-0.1, -0.05) is 362 Å². The normalized spacial score (nSPS) is 13.9. The van der Waals surface area contributed by atoms with Crippen LogP contribution >= 0.6 is 15.6 Å². The molecule has 0 radical (unpaired) electrons. The fraction of sp³-hybridized carbons (Fsp3) is 0.948. The molecule has 0 heterocycles. The van der Waals surface area contributed by atoms with Crippen LogP contribution in [-0.2, 0) is 65.4 Å². The van der Waals surface area contributed by atoms with Gasteiger partial charge in [-0.15, -0.1) is 0 Å². The molecule has 0 spiro atoms. The summed E-state index contributed by atoms with van der Waals surface area (Å²) in [6.07, 6.45) is 62.7. The molecule has 0 aromatic rings. The Bertz CT molecular complexity index is 1830. The molecule has 96 heavy (non-hydrogen) atoms. The lowest BCUT2D eigenvalue weighted by Crippen LogP contribution is -2.30. The SMILES string of the molecule is CCCCCCCCCCCCCCCCCCCCCCCC(=O)O[C@H](COC(=O)CCCCCCCCCCCCCCCCCCCC)COP(=O)(O)OC[C@@H](O)COP(=O)(O)OC[C@@H](COC(=O)CCCCCCCCCC)OC(=O)CCCCCCCCCCC. The molecular formula is C77H150O17P2. The Labute approximate surface area is 588 Å². The number of hydrogen-bond donors (Lipinski definition) is 3. The smallest absolute Gasteiger partial charge is 0.462 e. The Morgan fingerprint density at radius 1 is 0.250 bits per heavy atom. The summed E-state index contributed by atoms with van der Waals surface area (Å²) in [6, 6.07) is 0. The van der Waals surface area contributed by atoms with Crippen LogP contribution in [-0.4, -0.2) is 96.7 Å². The van der Waals surface area contributed by atoms with Crippen LogP contribution < -0.4 is 0 Å². The largest absolute Gasteiger partial charge is 0.472 e. The van der Waals surface area contributed by atoms with Crippen LogP contribution in [0.4, 0.5) is 0 Å². The third-order valence-corrected chi connectivity index (χ3v) is 20.0. The standard InChI is InChI=1S/C77H150O17P2/c1-5-9-13-17-21-25-27-29-31-33-35-36-37-39-41-43-45-48-52-56-60-64-77(82)94-73(68-88-75(80)62-58-54-50-47-44-42-40-38-34-32-30-28-26-22-18-14-10-6-2)70-92-96(85,86)90-66-71(78)65-89-95(83,84)91-69-72(67-87-74(79)61-57-53-49-24-20-16-12-8-4)93-76(81)63-59-55-51-46-23-19-15-11-7-3/h71-73,78H,5-70H2,1-4H3,(H,83,84)(H,85,86)/t71-,72+,73+/m0/s1. The second kappa shape index (κ2) is 71.5. The van der Waals surface area contributed by atoms with E-state index in [-0.39, 0.29) is 25.7 Å². The fourth-order valence-corrected chi connectivity index (χ4v) is 13.5. The maximum atomic E-state index is 13.1. The highest BCUT2D eigenvalue weighted by Crippen LogP contribution is 2.45. The molecule has 5 atom stereocenters. The number of phosphoric acid groups is 2. The van der Waals surface area contributed by atoms with Gasteiger partial charge in [-0.2, -0.15) is 0 Å². The molecule has 0 bridgehead atoms. The van der Waals surface area contributed by atoms with E-state index >= 15 is 0 Å². The number of carbonyl (C=O) groups is 4. The van der Waals surface area contributed by atoms with Gasteiger partial charge in [0.2, 0.25) is 0 Å². The topological polar surface area (TPSA) is 237 Å². The van der Waals surface area contributed by atoms with E-state index in [9.17, 15) is 43.2 Å². The summed E-state index contributed by atoms with van der Waals surface area (Å²) in [5, 5.41) is 10.6. The Morgan fingerprint density at radius 3 is 0.615 bits per heavy atom. The first-order valence-corrected chi connectivity index (χ1v) is 43.3. The molecule has 0 aliphatic carbocycles. The summed E-state index contributed by atoms with van der Waals surface area (Å²) in [6.45, 7) is 4.94. The molecule has 0 aliphatic rings. The number of ether oxygens (including phenoxy) is 4. The minimum Gasteiger partial charge on any atom is -0.462 e. The Hall–Kier alpha value is -1.94. The molecule has 0 amide bonds. The van der Waals surface area contributed by atoms with Gasteiger partial charge in [0, 0.05) is 25.7 Å². The van der Waals surface area contributed by atoms with Crippen molar-refractivity contribution >= 4 is 39.5 Å². The van der Waals surface area contributed by atoms with Gasteiger partial charge in [0.1, 0.15) is 19.3 Å². The molecule has 570 valence electrons. The van der Waals surface area contributed by atoms with Gasteiger partial charge in [0.25, 0.3) is 0 Å². The summed E-state index contributed by atoms with van der Waals surface area (Å²) in [7, 11) is -9.90. The van der Waals surface area contributed by atoms with Gasteiger partial charge < -0.3 is 33.8 Å². The van der Waals surface area contributed by atoms with Crippen LogP contribution in [0.25, 0.3) is 0 Å². The van der Waals surface area contributed by atoms with Crippen molar-refractivity contribution in [2.24, 2.45) is 0 Å². The summed E-state index contributed by atoms with van der Waals surface area (Å²) < 4.78 is 68.4. The molecule has 2 unspecified atom stereocenters. The highest BCUT2D eigenvalue weighted by atomic mass is 31.2. The van der Waals surface area contributed by atoms with Crippen LogP contribution in [0.2, 0.25) is 0 Å². The van der Waals surface area contributed by atoms with Crippen molar-refractivity contribution in [2.75, 3.05) is 39.6 Å². The van der Waals surface area contributed by atoms with E-state index in [1.165, 1.54) is 238 Å². The molecule has 0 saturated carbocycles. The highest BCUT2D eigenvalue weighted by Gasteiger charge is 2.30. The lowest BCUT2D eigenvalue weighted by Gasteiger charge is -2.21. The van der Waals surface area contributed by atoms with E-state index in [4.69, 9.17) is 37.0 Å². The average molecular weight is 1410 g/mol. The van der Waals surface area contributed by atoms with Crippen molar-refractivity contribution < 1.29 is 80.2 Å². The van der Waals surface area contributed by atoms with Crippen LogP contribution in [0.1, 0.15) is 413 Å². The van der Waals surface area contributed by atoms with E-state index in [0.717, 1.165) is 96.3 Å². The van der Waals surface area contributed by atoms with Crippen LogP contribution in [0.3, 0.4) is 0 Å². The van der Waals surface area contributed by atoms with Crippen molar-refractivity contribution in [3.63, 3.8) is 0 Å². The zero-order valence-corrected chi connectivity index (χ0v) is 64.1. The zero-order valence-electron chi connectivity index (χ0n) is 62.4. The molecule has 0 fully saturated rings. The van der Waals surface area contributed by atoms with Crippen molar-refractivity contribution in [1.29, 1.82) is 0 Å². The van der Waals surface area contributed by atoms with Crippen molar-refractivity contribution in [2.45, 2.75) is 431 Å². The number of carbonyl (C=O) groups excluding carboxylic acids is 4. The monoisotopic (exact) mass is 1410 g/mol. The molecule has 0 aromatic carbocycles. The van der Waals surface area contributed by atoms with Gasteiger partial charge in [-0.25, -0.2) is 9.13 Å². The van der Waals surface area contributed by atoms with Gasteiger partial charge in [0.15, 0.2) is 12.2 Å². The first kappa shape index (κ1) is 94.1. The maximum Gasteiger partial charge on any atom is 0.472 e. The van der Waals surface area contributed by atoms with Gasteiger partial charge in [-0.05, 0) is 25.7 Å². The Balaban J connectivity index is 5.14. The van der Waals surface area contributed by atoms with Gasteiger partial charge in [0.05, 0.1) is 26.4 Å². The predicted octanol–water partition coefficient (Wildman–Crippen LogP) is 23.0. The minimum absolute atomic E-state index is 0.106. The van der Waals surface area contributed by atoms with Gasteiger partial charge >= 0.3 is 39.5 Å². The van der Waals surface area contributed by atoms with E-state index in [0.29, 0.717) is 25.7 Å². The van der Waals surface area contributed by atoms with E-state index < -0.39 is 97.5 Å². The van der Waals surface area contributed by atoms with Crippen molar-refractivity contribution in [3.05, 3.63) is 0 Å². The highest BCUT2D eigenvalue weighted by molar-refractivity contribution is 7.47. The molecule has 0 aliphatic heterocycles. The van der Waals surface area contributed by atoms with Crippen molar-refractivity contribution in [3.8, 4) is 0 Å². The molecular weight excluding hydrogens is 1260 g/mol. The van der Waals surface area contributed by atoms with E-state index in [1.807, 2.05) is 0 Å². The summed E-state index contributed by atoms with van der Waals surface area (Å²) in [4.78, 5) is 72.6. The molecule has 0 rings (SSSR count). The minimum atomic E-state index is -4.96. The number of esters is 4. The Morgan fingerprint density at radius 2 is 0.417 bits per heavy atom. The number of unbranched alkanes of at least 4 members (excludes halogenated alkanes) is 52. The Kier molecular flexibility index (Phi) is 70.0. The van der Waals surface area contributed by atoms with Crippen LogP contribution in [0.15, 0.2) is 0 Å². The van der Waals surface area contributed by atoms with Crippen LogP contribution in [0, 0.1) is 0 Å². The molecule has 17 nitrogen and oxygen atoms in total. The second-order valence-corrected chi connectivity index (χ2v) is 30.7. The fourth-order valence-electron chi connectivity index (χ4n) is 11.9. The van der Waals surface area contributed by atoms with E-state index in [2.05, 4.69) is 27.7 Å². The first-order valence-electron chi connectivity index (χ1n) is 40.3. The second-order valence-electron chi connectivity index (χ2n) is 27.7. The third kappa shape index (κ3) is 70.5. The number of phosphoric ester groups is 2. The molecule has 0 aromatic heterocycles. The quantitative estimate of drug-likeness (QED) is 0.0222. The maximum absolute atomic E-state index is 13.1. The van der Waals surface area contributed by atoms with Crippen LogP contribution in [0.5, 0.6) is 0 Å². The number of hydrogen-bond acceptors (Lipinski definition) is 15. The molecule has 19 heteroatoms. The summed E-state index contributed by atoms with van der Waals surface area (Å²) in [5.41, 5.74) is 0. The number of aliphatic hydroxyl groups excluding tert-OH is 1. The lowest BCUT2D eigenvalue weighted by molar-refractivity contribution is -0.161. The third-order valence-electron chi connectivity index (χ3n) is 18.1.